The van der Waals surface area contributed by atoms with Crippen molar-refractivity contribution in [2.24, 2.45) is 0 Å². The van der Waals surface area contributed by atoms with Gasteiger partial charge in [-0.25, -0.2) is 0 Å². The van der Waals surface area contributed by atoms with Crippen molar-refractivity contribution < 1.29 is 9.47 Å². The lowest BCUT2D eigenvalue weighted by molar-refractivity contribution is 0.192. The summed E-state index contributed by atoms with van der Waals surface area (Å²) in [4.78, 5) is 0. The van der Waals surface area contributed by atoms with E-state index >= 15 is 0 Å². The second-order valence-corrected chi connectivity index (χ2v) is 3.73. The molecule has 3 nitrogen and oxygen atoms in total. The molecule has 1 aromatic rings. The Bertz CT molecular complexity index is 289. The molecule has 0 fully saturated rings. The molecule has 0 aliphatic rings. The first-order valence-electron chi connectivity index (χ1n) is 5.69. The van der Waals surface area contributed by atoms with E-state index in [1.165, 1.54) is 5.56 Å². The van der Waals surface area contributed by atoms with Gasteiger partial charge in [-0.3, -0.25) is 0 Å². The van der Waals surface area contributed by atoms with Crippen LogP contribution in [0.4, 0.5) is 0 Å². The maximum absolute atomic E-state index is 5.17. The average Bonchev–Trinajstić information content (AvgIpc) is 2.34. The van der Waals surface area contributed by atoms with Crippen molar-refractivity contribution in [3.05, 3.63) is 29.8 Å². The molecule has 0 spiro atoms. The van der Waals surface area contributed by atoms with Crippen molar-refractivity contribution in [3.8, 4) is 5.75 Å². The van der Waals surface area contributed by atoms with Gasteiger partial charge in [-0.15, -0.1) is 0 Å². The first-order chi connectivity index (χ1) is 7.86. The number of hydrogen-bond acceptors (Lipinski definition) is 3. The van der Waals surface area contributed by atoms with Crippen LogP contribution in [0.15, 0.2) is 24.3 Å². The fraction of sp³-hybridized carbons (Fsp3) is 0.538. The fourth-order valence-corrected chi connectivity index (χ4v) is 1.51. The molecule has 0 aliphatic heterocycles. The number of hydrogen-bond donors (Lipinski definition) is 1. The minimum absolute atomic E-state index is 0.848. The van der Waals surface area contributed by atoms with Gasteiger partial charge in [0.25, 0.3) is 0 Å². The van der Waals surface area contributed by atoms with Gasteiger partial charge in [0.15, 0.2) is 0 Å². The normalized spacial score (nSPS) is 10.4. The SMILES string of the molecule is COCCCCNCc1cccc(OC)c1. The molecule has 0 aliphatic carbocycles. The molecule has 1 rings (SSSR count). The first-order valence-corrected chi connectivity index (χ1v) is 5.69. The van der Waals surface area contributed by atoms with Gasteiger partial charge in [0, 0.05) is 20.3 Å². The third kappa shape index (κ3) is 5.14. The number of nitrogens with one attached hydrogen (secondary N) is 1. The third-order valence-electron chi connectivity index (χ3n) is 2.42. The molecular formula is C13H21NO2. The highest BCUT2D eigenvalue weighted by atomic mass is 16.5. The van der Waals surface area contributed by atoms with E-state index in [4.69, 9.17) is 9.47 Å². The largest absolute Gasteiger partial charge is 0.497 e. The quantitative estimate of drug-likeness (QED) is 0.685. The van der Waals surface area contributed by atoms with Gasteiger partial charge in [-0.2, -0.15) is 0 Å². The predicted octanol–water partition coefficient (Wildman–Crippen LogP) is 2.21. The van der Waals surface area contributed by atoms with Crippen LogP contribution in [0, 0.1) is 0 Å². The smallest absolute Gasteiger partial charge is 0.119 e. The zero-order valence-corrected chi connectivity index (χ0v) is 10.2. The summed E-state index contributed by atoms with van der Waals surface area (Å²) in [5.41, 5.74) is 1.26. The first kappa shape index (κ1) is 13.0. The lowest BCUT2D eigenvalue weighted by Gasteiger charge is -2.06. The van der Waals surface area contributed by atoms with Gasteiger partial charge >= 0.3 is 0 Å². The van der Waals surface area contributed by atoms with E-state index < -0.39 is 0 Å². The summed E-state index contributed by atoms with van der Waals surface area (Å²) in [6.45, 7) is 2.77. The van der Waals surface area contributed by atoms with Crippen molar-refractivity contribution in [2.45, 2.75) is 19.4 Å². The van der Waals surface area contributed by atoms with Crippen LogP contribution < -0.4 is 10.1 Å². The molecule has 16 heavy (non-hydrogen) atoms. The highest BCUT2D eigenvalue weighted by molar-refractivity contribution is 5.28. The Morgan fingerprint density at radius 3 is 2.81 bits per heavy atom. The fourth-order valence-electron chi connectivity index (χ4n) is 1.51. The van der Waals surface area contributed by atoms with Crippen LogP contribution in [0.3, 0.4) is 0 Å². The molecule has 90 valence electrons. The molecule has 0 unspecified atom stereocenters. The second-order valence-electron chi connectivity index (χ2n) is 3.73. The van der Waals surface area contributed by atoms with E-state index in [0.29, 0.717) is 0 Å². The number of unbranched alkanes of at least 4 members (excludes halogenated alkanes) is 1. The number of benzene rings is 1. The standard InChI is InChI=1S/C13H21NO2/c1-15-9-4-3-8-14-11-12-6-5-7-13(10-12)16-2/h5-7,10,14H,3-4,8-9,11H2,1-2H3. The number of ether oxygens (including phenoxy) is 2. The van der Waals surface area contributed by atoms with E-state index in [-0.39, 0.29) is 0 Å². The molecule has 3 heteroatoms. The van der Waals surface area contributed by atoms with Gasteiger partial charge in [0.2, 0.25) is 0 Å². The van der Waals surface area contributed by atoms with Gasteiger partial charge in [0.1, 0.15) is 5.75 Å². The molecule has 0 aromatic heterocycles. The van der Waals surface area contributed by atoms with Crippen molar-refractivity contribution >= 4 is 0 Å². The van der Waals surface area contributed by atoms with E-state index in [0.717, 1.165) is 38.3 Å². The Hall–Kier alpha value is -1.06. The molecule has 0 amide bonds. The lowest BCUT2D eigenvalue weighted by atomic mass is 10.2. The van der Waals surface area contributed by atoms with Crippen LogP contribution in [-0.2, 0) is 11.3 Å². The van der Waals surface area contributed by atoms with Crippen LogP contribution in [0.2, 0.25) is 0 Å². The van der Waals surface area contributed by atoms with Gasteiger partial charge < -0.3 is 14.8 Å². The molecule has 0 saturated carbocycles. The summed E-state index contributed by atoms with van der Waals surface area (Å²) < 4.78 is 10.2. The van der Waals surface area contributed by atoms with Crippen LogP contribution in [0.1, 0.15) is 18.4 Å². The van der Waals surface area contributed by atoms with E-state index in [9.17, 15) is 0 Å². The molecular weight excluding hydrogens is 202 g/mol. The van der Waals surface area contributed by atoms with Crippen LogP contribution in [-0.4, -0.2) is 27.4 Å². The van der Waals surface area contributed by atoms with Crippen LogP contribution in [0.5, 0.6) is 5.75 Å². The second kappa shape index (κ2) is 8.13. The molecule has 0 radical (unpaired) electrons. The van der Waals surface area contributed by atoms with E-state index in [1.54, 1.807) is 14.2 Å². The summed E-state index contributed by atoms with van der Waals surface area (Å²) in [6.07, 6.45) is 2.26. The Morgan fingerprint density at radius 1 is 1.19 bits per heavy atom. The summed E-state index contributed by atoms with van der Waals surface area (Å²) >= 11 is 0. The Morgan fingerprint density at radius 2 is 2.06 bits per heavy atom. The lowest BCUT2D eigenvalue weighted by Crippen LogP contribution is -2.15. The molecule has 0 atom stereocenters. The topological polar surface area (TPSA) is 30.5 Å². The molecule has 0 saturated heterocycles. The zero-order chi connectivity index (χ0) is 11.6. The highest BCUT2D eigenvalue weighted by Gasteiger charge is 1.95. The summed E-state index contributed by atoms with van der Waals surface area (Å²) in [5.74, 6) is 0.915. The average molecular weight is 223 g/mol. The van der Waals surface area contributed by atoms with Crippen molar-refractivity contribution in [1.29, 1.82) is 0 Å². The summed E-state index contributed by atoms with van der Waals surface area (Å²) in [7, 11) is 3.43. The monoisotopic (exact) mass is 223 g/mol. The molecule has 1 N–H and O–H groups in total. The Kier molecular flexibility index (Phi) is 6.61. The van der Waals surface area contributed by atoms with Gasteiger partial charge in [0.05, 0.1) is 7.11 Å². The van der Waals surface area contributed by atoms with Gasteiger partial charge in [-0.1, -0.05) is 12.1 Å². The van der Waals surface area contributed by atoms with Crippen molar-refractivity contribution in [2.75, 3.05) is 27.4 Å². The van der Waals surface area contributed by atoms with Crippen molar-refractivity contribution in [1.82, 2.24) is 5.32 Å². The van der Waals surface area contributed by atoms with Crippen molar-refractivity contribution in [3.63, 3.8) is 0 Å². The number of rotatable bonds is 8. The third-order valence-corrected chi connectivity index (χ3v) is 2.42. The van der Waals surface area contributed by atoms with Gasteiger partial charge in [-0.05, 0) is 37.1 Å². The summed E-state index contributed by atoms with van der Waals surface area (Å²) in [5, 5.41) is 3.40. The number of methoxy groups -OCH3 is 2. The predicted molar refractivity (Wildman–Crippen MR) is 65.8 cm³/mol. The van der Waals surface area contributed by atoms with E-state index in [1.807, 2.05) is 12.1 Å². The zero-order valence-electron chi connectivity index (χ0n) is 10.2. The highest BCUT2D eigenvalue weighted by Crippen LogP contribution is 2.11. The maximum Gasteiger partial charge on any atom is 0.119 e. The Balaban J connectivity index is 2.16. The minimum Gasteiger partial charge on any atom is -0.497 e. The van der Waals surface area contributed by atoms with Crippen LogP contribution in [0.25, 0.3) is 0 Å². The van der Waals surface area contributed by atoms with E-state index in [2.05, 4.69) is 17.4 Å². The molecule has 0 bridgehead atoms. The Labute approximate surface area is 97.8 Å². The van der Waals surface area contributed by atoms with Crippen LogP contribution >= 0.6 is 0 Å². The molecule has 0 heterocycles. The molecule has 1 aromatic carbocycles. The minimum atomic E-state index is 0.848. The maximum atomic E-state index is 5.17. The summed E-state index contributed by atoms with van der Waals surface area (Å²) in [6, 6.07) is 8.13.